The Morgan fingerprint density at radius 1 is 1.38 bits per heavy atom. The summed E-state index contributed by atoms with van der Waals surface area (Å²) in [6.07, 6.45) is -4.04. The fraction of sp³-hybridized carbons (Fsp3) is 0.588. The Labute approximate surface area is 147 Å². The fourth-order valence-electron chi connectivity index (χ4n) is 2.97. The molecule has 0 aliphatic carbocycles. The number of hydrogen-bond donors (Lipinski definition) is 1. The van der Waals surface area contributed by atoms with E-state index in [0.717, 1.165) is 18.7 Å². The van der Waals surface area contributed by atoms with Gasteiger partial charge in [-0.15, -0.1) is 12.4 Å². The van der Waals surface area contributed by atoms with Gasteiger partial charge in [-0.05, 0) is 31.9 Å². The molecule has 1 saturated heterocycles. The van der Waals surface area contributed by atoms with Crippen molar-refractivity contribution in [2.24, 2.45) is 5.92 Å². The van der Waals surface area contributed by atoms with Gasteiger partial charge in [0.2, 0.25) is 5.91 Å². The lowest BCUT2D eigenvalue weighted by Crippen LogP contribution is -2.58. The number of benzene rings is 1. The van der Waals surface area contributed by atoms with Gasteiger partial charge in [0.15, 0.2) is 0 Å². The van der Waals surface area contributed by atoms with Gasteiger partial charge in [0.05, 0.1) is 5.56 Å². The Hall–Kier alpha value is -1.27. The number of rotatable bonds is 3. The molecule has 0 radical (unpaired) electrons. The molecule has 0 aromatic heterocycles. The summed E-state index contributed by atoms with van der Waals surface area (Å²) in [7, 11) is 0. The van der Waals surface area contributed by atoms with Crippen LogP contribution in [0, 0.1) is 5.92 Å². The predicted molar refractivity (Wildman–Crippen MR) is 90.2 cm³/mol. The molecule has 24 heavy (non-hydrogen) atoms. The molecule has 0 saturated carbocycles. The van der Waals surface area contributed by atoms with Gasteiger partial charge in [-0.2, -0.15) is 13.2 Å². The van der Waals surface area contributed by atoms with Crippen molar-refractivity contribution in [1.29, 1.82) is 0 Å². The first kappa shape index (κ1) is 20.8. The van der Waals surface area contributed by atoms with Crippen molar-refractivity contribution in [3.05, 3.63) is 35.4 Å². The van der Waals surface area contributed by atoms with Crippen LogP contribution in [0.25, 0.3) is 0 Å². The van der Waals surface area contributed by atoms with Gasteiger partial charge >= 0.3 is 6.18 Å². The van der Waals surface area contributed by atoms with E-state index in [4.69, 9.17) is 0 Å². The van der Waals surface area contributed by atoms with E-state index in [2.05, 4.69) is 5.32 Å². The predicted octanol–water partition coefficient (Wildman–Crippen LogP) is 3.51. The van der Waals surface area contributed by atoms with Crippen LogP contribution in [0.15, 0.2) is 24.3 Å². The van der Waals surface area contributed by atoms with Crippen molar-refractivity contribution in [1.82, 2.24) is 10.2 Å². The van der Waals surface area contributed by atoms with Crippen LogP contribution in [0.1, 0.15) is 31.9 Å². The van der Waals surface area contributed by atoms with Crippen molar-refractivity contribution in [3.8, 4) is 0 Å². The summed E-state index contributed by atoms with van der Waals surface area (Å²) in [6.45, 7) is 7.18. The summed E-state index contributed by atoms with van der Waals surface area (Å²) in [5.41, 5.74) is -0.129. The second-order valence-electron chi connectivity index (χ2n) is 6.32. The summed E-state index contributed by atoms with van der Waals surface area (Å²) < 4.78 is 38.3. The van der Waals surface area contributed by atoms with Crippen molar-refractivity contribution in [2.75, 3.05) is 13.1 Å². The average molecular weight is 365 g/mol. The third-order valence-corrected chi connectivity index (χ3v) is 4.54. The molecule has 1 aliphatic heterocycles. The molecular weight excluding hydrogens is 341 g/mol. The van der Waals surface area contributed by atoms with Gasteiger partial charge in [-0.3, -0.25) is 4.79 Å². The first-order valence-corrected chi connectivity index (χ1v) is 7.90. The first-order valence-electron chi connectivity index (χ1n) is 7.90. The highest BCUT2D eigenvalue weighted by Gasteiger charge is 2.32. The number of alkyl halides is 3. The van der Waals surface area contributed by atoms with Gasteiger partial charge in [0, 0.05) is 31.1 Å². The van der Waals surface area contributed by atoms with Crippen LogP contribution in [0.3, 0.4) is 0 Å². The largest absolute Gasteiger partial charge is 0.416 e. The van der Waals surface area contributed by atoms with Gasteiger partial charge in [0.1, 0.15) is 0 Å². The van der Waals surface area contributed by atoms with Crippen molar-refractivity contribution >= 4 is 18.3 Å². The number of nitrogens with one attached hydrogen (secondary N) is 1. The number of piperazine rings is 1. The zero-order chi connectivity index (χ0) is 17.2. The molecule has 3 unspecified atom stereocenters. The molecule has 2 rings (SSSR count). The summed E-state index contributed by atoms with van der Waals surface area (Å²) in [5, 5.41) is 3.31. The Bertz CT molecular complexity index is 565. The summed E-state index contributed by atoms with van der Waals surface area (Å²) >= 11 is 0. The third-order valence-electron chi connectivity index (χ3n) is 4.54. The minimum Gasteiger partial charge on any atom is -0.337 e. The Balaban J connectivity index is 0.00000288. The number of nitrogens with zero attached hydrogens (tertiary/aromatic N) is 1. The maximum Gasteiger partial charge on any atom is 0.416 e. The maximum absolute atomic E-state index is 12.8. The van der Waals surface area contributed by atoms with E-state index in [1.54, 1.807) is 13.0 Å². The van der Waals surface area contributed by atoms with E-state index in [1.165, 1.54) is 6.07 Å². The maximum atomic E-state index is 12.8. The topological polar surface area (TPSA) is 32.3 Å². The molecule has 0 spiro atoms. The first-order chi connectivity index (χ1) is 10.7. The van der Waals surface area contributed by atoms with Crippen LogP contribution in [-0.2, 0) is 17.4 Å². The van der Waals surface area contributed by atoms with Crippen molar-refractivity contribution in [2.45, 2.75) is 45.5 Å². The molecule has 1 aliphatic rings. The van der Waals surface area contributed by atoms with Crippen LogP contribution in [0.2, 0.25) is 0 Å². The normalized spacial score (nSPS) is 22.7. The van der Waals surface area contributed by atoms with E-state index in [-0.39, 0.29) is 36.3 Å². The zero-order valence-corrected chi connectivity index (χ0v) is 14.9. The number of carbonyl (C=O) groups is 1. The lowest BCUT2D eigenvalue weighted by Gasteiger charge is -2.40. The smallest absolute Gasteiger partial charge is 0.337 e. The van der Waals surface area contributed by atoms with Crippen molar-refractivity contribution < 1.29 is 18.0 Å². The fourth-order valence-corrected chi connectivity index (χ4v) is 2.97. The molecule has 3 atom stereocenters. The van der Waals surface area contributed by atoms with E-state index in [0.29, 0.717) is 18.5 Å². The second kappa shape index (κ2) is 8.21. The Kier molecular flexibility index (Phi) is 7.10. The highest BCUT2D eigenvalue weighted by molar-refractivity contribution is 5.85. The molecule has 7 heteroatoms. The van der Waals surface area contributed by atoms with Gasteiger partial charge in [-0.1, -0.05) is 25.1 Å². The summed E-state index contributed by atoms with van der Waals surface area (Å²) in [6, 6.07) is 5.52. The quantitative estimate of drug-likeness (QED) is 0.890. The highest BCUT2D eigenvalue weighted by atomic mass is 35.5. The Morgan fingerprint density at radius 3 is 2.67 bits per heavy atom. The minimum atomic E-state index is -4.36. The SMILES string of the molecule is CC(Cc1cccc(C(F)(F)F)c1)C(=O)N1CCNC(C)C1C.Cl. The lowest BCUT2D eigenvalue weighted by molar-refractivity contribution is -0.138. The molecule has 1 amide bonds. The molecule has 3 nitrogen and oxygen atoms in total. The van der Waals surface area contributed by atoms with Crippen LogP contribution in [0.5, 0.6) is 0 Å². The molecular formula is C17H24ClF3N2O. The molecule has 0 bridgehead atoms. The van der Waals surface area contributed by atoms with Crippen LogP contribution < -0.4 is 5.32 Å². The van der Waals surface area contributed by atoms with Crippen molar-refractivity contribution in [3.63, 3.8) is 0 Å². The van der Waals surface area contributed by atoms with Crippen LogP contribution >= 0.6 is 12.4 Å². The monoisotopic (exact) mass is 364 g/mol. The van der Waals surface area contributed by atoms with Gasteiger partial charge in [0.25, 0.3) is 0 Å². The second-order valence-corrected chi connectivity index (χ2v) is 6.32. The minimum absolute atomic E-state index is 0. The average Bonchev–Trinajstić information content (AvgIpc) is 2.49. The zero-order valence-electron chi connectivity index (χ0n) is 14.1. The van der Waals surface area contributed by atoms with Crippen LogP contribution in [-0.4, -0.2) is 36.0 Å². The van der Waals surface area contributed by atoms with E-state index in [1.807, 2.05) is 18.7 Å². The lowest BCUT2D eigenvalue weighted by atomic mass is 9.96. The summed E-state index contributed by atoms with van der Waals surface area (Å²) in [5.74, 6) is -0.338. The number of amides is 1. The molecule has 1 heterocycles. The van der Waals surface area contributed by atoms with Gasteiger partial charge < -0.3 is 10.2 Å². The standard InChI is InChI=1S/C17H23F3N2O.ClH/c1-11(16(23)22-8-7-21-12(2)13(22)3)9-14-5-4-6-15(10-14)17(18,19)20;/h4-6,10-13,21H,7-9H2,1-3H3;1H. The molecule has 1 aromatic carbocycles. The highest BCUT2D eigenvalue weighted by Crippen LogP contribution is 2.30. The number of hydrogen-bond acceptors (Lipinski definition) is 2. The number of carbonyl (C=O) groups excluding carboxylic acids is 1. The van der Waals surface area contributed by atoms with Gasteiger partial charge in [-0.25, -0.2) is 0 Å². The van der Waals surface area contributed by atoms with E-state index < -0.39 is 11.7 Å². The van der Waals surface area contributed by atoms with E-state index in [9.17, 15) is 18.0 Å². The van der Waals surface area contributed by atoms with E-state index >= 15 is 0 Å². The summed E-state index contributed by atoms with van der Waals surface area (Å²) in [4.78, 5) is 14.4. The Morgan fingerprint density at radius 2 is 2.04 bits per heavy atom. The van der Waals surface area contributed by atoms with Crippen LogP contribution in [0.4, 0.5) is 13.2 Å². The molecule has 1 N–H and O–H groups in total. The molecule has 1 fully saturated rings. The molecule has 1 aromatic rings. The number of halogens is 4. The third kappa shape index (κ3) is 4.86. The molecule has 136 valence electrons.